The van der Waals surface area contributed by atoms with Crippen LogP contribution < -0.4 is 0 Å². The summed E-state index contributed by atoms with van der Waals surface area (Å²) < 4.78 is 13.5. The Kier molecular flexibility index (Phi) is 5.62. The molecule has 124 valence electrons. The number of hydrogen-bond acceptors (Lipinski definition) is 2. The second-order valence-electron chi connectivity index (χ2n) is 7.22. The van der Waals surface area contributed by atoms with Crippen molar-refractivity contribution in [3.63, 3.8) is 0 Å². The molecule has 0 heterocycles. The zero-order valence-electron chi connectivity index (χ0n) is 14.4. The van der Waals surface area contributed by atoms with E-state index in [-0.39, 0.29) is 11.7 Å². The molecule has 2 unspecified atom stereocenters. The molecular formula is C19H30FNO. The van der Waals surface area contributed by atoms with Crippen LogP contribution in [0.4, 0.5) is 4.39 Å². The highest BCUT2D eigenvalue weighted by molar-refractivity contribution is 5.36. The Morgan fingerprint density at radius 3 is 2.73 bits per heavy atom. The van der Waals surface area contributed by atoms with E-state index >= 15 is 0 Å². The van der Waals surface area contributed by atoms with Crippen molar-refractivity contribution in [1.29, 1.82) is 0 Å². The maximum atomic E-state index is 13.5. The van der Waals surface area contributed by atoms with Crippen molar-refractivity contribution in [2.45, 2.75) is 58.0 Å². The highest BCUT2D eigenvalue weighted by atomic mass is 19.1. The number of nitrogens with zero attached hydrogens (tertiary/aromatic N) is 1. The summed E-state index contributed by atoms with van der Waals surface area (Å²) in [6.07, 6.45) is 3.41. The standard InChI is InChI=1S/C19H30FNO/c1-5-11-21(4)12-10-19(22)9-8-15-13-16(20)6-7-17(15)18(19)14(2)3/h6-7,13-14,18,22H,5,8-12H2,1-4H3. The number of benzene rings is 1. The van der Waals surface area contributed by atoms with E-state index in [9.17, 15) is 9.50 Å². The molecule has 0 spiro atoms. The van der Waals surface area contributed by atoms with Gasteiger partial charge in [-0.1, -0.05) is 26.8 Å². The molecule has 2 nitrogen and oxygen atoms in total. The van der Waals surface area contributed by atoms with Crippen LogP contribution in [-0.2, 0) is 6.42 Å². The monoisotopic (exact) mass is 307 g/mol. The van der Waals surface area contributed by atoms with Gasteiger partial charge in [0.1, 0.15) is 5.82 Å². The van der Waals surface area contributed by atoms with Gasteiger partial charge in [-0.25, -0.2) is 4.39 Å². The van der Waals surface area contributed by atoms with Crippen molar-refractivity contribution < 1.29 is 9.50 Å². The van der Waals surface area contributed by atoms with Crippen molar-refractivity contribution >= 4 is 0 Å². The van der Waals surface area contributed by atoms with Crippen LogP contribution in [0.5, 0.6) is 0 Å². The summed E-state index contributed by atoms with van der Waals surface area (Å²) in [6.45, 7) is 8.45. The molecule has 0 aliphatic heterocycles. The zero-order chi connectivity index (χ0) is 16.3. The van der Waals surface area contributed by atoms with Crippen LogP contribution in [0.25, 0.3) is 0 Å². The molecule has 0 saturated carbocycles. The second-order valence-corrected chi connectivity index (χ2v) is 7.22. The first-order valence-corrected chi connectivity index (χ1v) is 8.56. The maximum Gasteiger partial charge on any atom is 0.123 e. The largest absolute Gasteiger partial charge is 0.389 e. The number of aryl methyl sites for hydroxylation is 1. The number of aliphatic hydroxyl groups is 1. The van der Waals surface area contributed by atoms with E-state index in [0.717, 1.165) is 49.9 Å². The number of hydrogen-bond donors (Lipinski definition) is 1. The molecule has 0 radical (unpaired) electrons. The van der Waals surface area contributed by atoms with Crippen LogP contribution in [-0.4, -0.2) is 35.7 Å². The van der Waals surface area contributed by atoms with Gasteiger partial charge in [-0.15, -0.1) is 0 Å². The van der Waals surface area contributed by atoms with E-state index in [1.165, 1.54) is 6.07 Å². The summed E-state index contributed by atoms with van der Waals surface area (Å²) in [7, 11) is 2.11. The molecule has 1 aromatic carbocycles. The predicted molar refractivity (Wildman–Crippen MR) is 89.7 cm³/mol. The molecule has 1 aliphatic carbocycles. The summed E-state index contributed by atoms with van der Waals surface area (Å²) >= 11 is 0. The van der Waals surface area contributed by atoms with E-state index in [2.05, 4.69) is 32.7 Å². The van der Waals surface area contributed by atoms with Crippen molar-refractivity contribution in [2.75, 3.05) is 20.1 Å². The molecule has 0 aromatic heterocycles. The van der Waals surface area contributed by atoms with E-state index in [4.69, 9.17) is 0 Å². The van der Waals surface area contributed by atoms with Crippen LogP contribution in [0.2, 0.25) is 0 Å². The van der Waals surface area contributed by atoms with Gasteiger partial charge in [0, 0.05) is 12.5 Å². The number of fused-ring (bicyclic) bond motifs is 1. The molecule has 0 amide bonds. The fraction of sp³-hybridized carbons (Fsp3) is 0.684. The van der Waals surface area contributed by atoms with Gasteiger partial charge in [0.2, 0.25) is 0 Å². The normalized spacial score (nSPS) is 24.8. The van der Waals surface area contributed by atoms with Crippen molar-refractivity contribution in [3.8, 4) is 0 Å². The van der Waals surface area contributed by atoms with E-state index < -0.39 is 5.60 Å². The van der Waals surface area contributed by atoms with Gasteiger partial charge in [0.25, 0.3) is 0 Å². The van der Waals surface area contributed by atoms with Gasteiger partial charge in [-0.05, 0) is 68.5 Å². The predicted octanol–water partition coefficient (Wildman–Crippen LogP) is 3.97. The van der Waals surface area contributed by atoms with Crippen molar-refractivity contribution in [2.24, 2.45) is 5.92 Å². The molecule has 3 heteroatoms. The molecule has 2 rings (SSSR count). The van der Waals surface area contributed by atoms with Gasteiger partial charge in [-0.3, -0.25) is 0 Å². The Labute approximate surface area is 134 Å². The Morgan fingerprint density at radius 1 is 1.36 bits per heavy atom. The quantitative estimate of drug-likeness (QED) is 0.859. The van der Waals surface area contributed by atoms with Crippen molar-refractivity contribution in [3.05, 3.63) is 35.1 Å². The molecule has 1 aliphatic rings. The van der Waals surface area contributed by atoms with Gasteiger partial charge in [-0.2, -0.15) is 0 Å². The minimum absolute atomic E-state index is 0.0897. The third-order valence-corrected chi connectivity index (χ3v) is 5.04. The van der Waals surface area contributed by atoms with Crippen LogP contribution in [0.1, 0.15) is 57.1 Å². The van der Waals surface area contributed by atoms with E-state index in [0.29, 0.717) is 5.92 Å². The summed E-state index contributed by atoms with van der Waals surface area (Å²) in [4.78, 5) is 2.29. The molecular weight excluding hydrogens is 277 g/mol. The minimum atomic E-state index is -0.680. The summed E-state index contributed by atoms with van der Waals surface area (Å²) in [5, 5.41) is 11.3. The zero-order valence-corrected chi connectivity index (χ0v) is 14.4. The van der Waals surface area contributed by atoms with Gasteiger partial charge in [0.15, 0.2) is 0 Å². The van der Waals surface area contributed by atoms with Crippen LogP contribution in [0.15, 0.2) is 18.2 Å². The van der Waals surface area contributed by atoms with E-state index in [1.807, 2.05) is 6.07 Å². The maximum absolute atomic E-state index is 13.5. The topological polar surface area (TPSA) is 23.5 Å². The number of halogens is 1. The Bertz CT molecular complexity index is 502. The third-order valence-electron chi connectivity index (χ3n) is 5.04. The first-order valence-electron chi connectivity index (χ1n) is 8.56. The minimum Gasteiger partial charge on any atom is -0.389 e. The highest BCUT2D eigenvalue weighted by Crippen LogP contribution is 2.45. The Hall–Kier alpha value is -0.930. The Morgan fingerprint density at radius 2 is 2.09 bits per heavy atom. The summed E-state index contributed by atoms with van der Waals surface area (Å²) in [6, 6.07) is 5.06. The Balaban J connectivity index is 2.22. The average Bonchev–Trinajstić information content (AvgIpc) is 2.45. The van der Waals surface area contributed by atoms with E-state index in [1.54, 1.807) is 6.07 Å². The molecule has 0 saturated heterocycles. The van der Waals surface area contributed by atoms with Gasteiger partial charge in [0.05, 0.1) is 5.60 Å². The van der Waals surface area contributed by atoms with Crippen LogP contribution >= 0.6 is 0 Å². The fourth-order valence-corrected chi connectivity index (χ4v) is 4.03. The lowest BCUT2D eigenvalue weighted by atomic mass is 9.66. The van der Waals surface area contributed by atoms with Gasteiger partial charge < -0.3 is 10.0 Å². The first-order chi connectivity index (χ1) is 10.4. The average molecular weight is 307 g/mol. The molecule has 0 bridgehead atoms. The second kappa shape index (κ2) is 7.10. The lowest BCUT2D eigenvalue weighted by Crippen LogP contribution is -2.45. The lowest BCUT2D eigenvalue weighted by Gasteiger charge is -2.44. The summed E-state index contributed by atoms with van der Waals surface area (Å²) in [5.41, 5.74) is 1.54. The van der Waals surface area contributed by atoms with Gasteiger partial charge >= 0.3 is 0 Å². The first kappa shape index (κ1) is 17.4. The molecule has 1 aromatic rings. The third kappa shape index (κ3) is 3.69. The fourth-order valence-electron chi connectivity index (χ4n) is 4.03. The van der Waals surface area contributed by atoms with Crippen LogP contribution in [0.3, 0.4) is 0 Å². The smallest absolute Gasteiger partial charge is 0.123 e. The molecule has 22 heavy (non-hydrogen) atoms. The molecule has 0 fully saturated rings. The highest BCUT2D eigenvalue weighted by Gasteiger charge is 2.43. The molecule has 1 N–H and O–H groups in total. The number of rotatable bonds is 6. The van der Waals surface area contributed by atoms with Crippen molar-refractivity contribution in [1.82, 2.24) is 4.90 Å². The molecule has 2 atom stereocenters. The summed E-state index contributed by atoms with van der Waals surface area (Å²) in [5.74, 6) is 0.257. The SMILES string of the molecule is CCCN(C)CCC1(O)CCc2cc(F)ccc2C1C(C)C. The van der Waals surface area contributed by atoms with Crippen LogP contribution in [0, 0.1) is 11.7 Å². The lowest BCUT2D eigenvalue weighted by molar-refractivity contribution is -0.0300.